The summed E-state index contributed by atoms with van der Waals surface area (Å²) in [5, 5.41) is 12.7. The molecule has 1 saturated heterocycles. The number of nitrogens with one attached hydrogen (secondary N) is 1. The number of aliphatic carboxylic acids is 1. The summed E-state index contributed by atoms with van der Waals surface area (Å²) in [6, 6.07) is -0.103. The minimum Gasteiger partial charge on any atom is -0.481 e. The van der Waals surface area contributed by atoms with Gasteiger partial charge in [-0.2, -0.15) is 0 Å². The van der Waals surface area contributed by atoms with E-state index in [0.717, 1.165) is 38.5 Å². The topological polar surface area (TPSA) is 95.9 Å². The van der Waals surface area contributed by atoms with Crippen molar-refractivity contribution in [1.29, 1.82) is 0 Å². The normalized spacial score (nSPS) is 34.4. The summed E-state index contributed by atoms with van der Waals surface area (Å²) in [5.74, 6) is -0.881. The predicted octanol–water partition coefficient (Wildman–Crippen LogP) is 2.00. The molecule has 0 aromatic rings. The number of hydrogen-bond donors (Lipinski definition) is 2. The van der Waals surface area contributed by atoms with Gasteiger partial charge in [0.2, 0.25) is 0 Å². The summed E-state index contributed by atoms with van der Waals surface area (Å²) in [5.41, 5.74) is -0.737. The number of fused-ring (bicyclic) bond motifs is 1. The minimum absolute atomic E-state index is 0.0550. The molecule has 3 fully saturated rings. The van der Waals surface area contributed by atoms with E-state index in [1.165, 1.54) is 0 Å². The number of nitrogens with zero attached hydrogens (tertiary/aromatic N) is 1. The van der Waals surface area contributed by atoms with Crippen molar-refractivity contribution >= 4 is 18.0 Å². The Kier molecular flexibility index (Phi) is 5.20. The van der Waals surface area contributed by atoms with E-state index in [9.17, 15) is 19.5 Å². The first-order valence-electron chi connectivity index (χ1n) is 9.41. The Balaban J connectivity index is 1.49. The van der Waals surface area contributed by atoms with Crippen LogP contribution in [0.3, 0.4) is 0 Å². The van der Waals surface area contributed by atoms with Gasteiger partial charge in [0.05, 0.1) is 17.9 Å². The first-order chi connectivity index (χ1) is 12.0. The fraction of sp³-hybridized carbons (Fsp3) is 0.833. The highest BCUT2D eigenvalue weighted by Gasteiger charge is 2.55. The van der Waals surface area contributed by atoms with Crippen molar-refractivity contribution in [2.75, 3.05) is 19.7 Å². The van der Waals surface area contributed by atoms with E-state index in [1.807, 2.05) is 0 Å². The number of carbonyl (C=O) groups is 3. The smallest absolute Gasteiger partial charge is 0.317 e. The molecule has 0 radical (unpaired) electrons. The Morgan fingerprint density at radius 3 is 2.52 bits per heavy atom. The molecule has 2 saturated carbocycles. The first-order valence-corrected chi connectivity index (χ1v) is 9.41. The second-order valence-corrected chi connectivity index (χ2v) is 7.68. The van der Waals surface area contributed by atoms with Gasteiger partial charge in [-0.1, -0.05) is 6.42 Å². The van der Waals surface area contributed by atoms with Crippen LogP contribution in [0, 0.1) is 17.3 Å². The van der Waals surface area contributed by atoms with Gasteiger partial charge in [0.25, 0.3) is 0 Å². The molecule has 1 heterocycles. The van der Waals surface area contributed by atoms with Gasteiger partial charge in [-0.25, -0.2) is 4.79 Å². The third kappa shape index (κ3) is 3.46. The van der Waals surface area contributed by atoms with Crippen molar-refractivity contribution in [2.45, 2.75) is 57.9 Å². The van der Waals surface area contributed by atoms with Gasteiger partial charge < -0.3 is 20.1 Å². The lowest BCUT2D eigenvalue weighted by atomic mass is 9.81. The fourth-order valence-corrected chi connectivity index (χ4v) is 4.79. The number of carboxylic acids is 1. The largest absolute Gasteiger partial charge is 0.481 e. The lowest BCUT2D eigenvalue weighted by Crippen LogP contribution is -2.46. The van der Waals surface area contributed by atoms with Crippen LogP contribution in [0.4, 0.5) is 4.79 Å². The van der Waals surface area contributed by atoms with Crippen LogP contribution in [0.1, 0.15) is 51.9 Å². The molecule has 7 heteroatoms. The van der Waals surface area contributed by atoms with E-state index in [1.54, 1.807) is 11.8 Å². The second-order valence-electron chi connectivity index (χ2n) is 7.68. The van der Waals surface area contributed by atoms with Gasteiger partial charge in [-0.15, -0.1) is 0 Å². The molecule has 7 nitrogen and oxygen atoms in total. The summed E-state index contributed by atoms with van der Waals surface area (Å²) >= 11 is 0. The van der Waals surface area contributed by atoms with Gasteiger partial charge in [-0.05, 0) is 51.4 Å². The second kappa shape index (κ2) is 7.22. The van der Waals surface area contributed by atoms with E-state index in [4.69, 9.17) is 4.74 Å². The van der Waals surface area contributed by atoms with E-state index in [2.05, 4.69) is 5.32 Å². The molecular weight excluding hydrogens is 324 g/mol. The molecule has 2 amide bonds. The molecule has 140 valence electrons. The zero-order valence-corrected chi connectivity index (χ0v) is 14.8. The van der Waals surface area contributed by atoms with Crippen molar-refractivity contribution in [2.24, 2.45) is 17.3 Å². The first kappa shape index (κ1) is 18.0. The maximum Gasteiger partial charge on any atom is 0.317 e. The van der Waals surface area contributed by atoms with Gasteiger partial charge in [0.1, 0.15) is 0 Å². The SMILES string of the molecule is CCOC(=O)C1CCC(NC(=O)N2C[C@@H]3CCC[C@@]3(C(=O)O)C2)CC1. The molecule has 2 atom stereocenters. The summed E-state index contributed by atoms with van der Waals surface area (Å²) in [4.78, 5) is 37.7. The molecule has 3 rings (SSSR count). The fourth-order valence-electron chi connectivity index (χ4n) is 4.79. The maximum atomic E-state index is 12.6. The molecule has 25 heavy (non-hydrogen) atoms. The Morgan fingerprint density at radius 2 is 1.92 bits per heavy atom. The predicted molar refractivity (Wildman–Crippen MR) is 89.9 cm³/mol. The maximum absolute atomic E-state index is 12.6. The number of carboxylic acid groups (broad SMARTS) is 1. The number of hydrogen-bond acceptors (Lipinski definition) is 4. The van der Waals surface area contributed by atoms with E-state index in [-0.39, 0.29) is 29.9 Å². The molecule has 1 aliphatic heterocycles. The molecule has 0 aromatic carbocycles. The molecule has 2 aliphatic carbocycles. The van der Waals surface area contributed by atoms with Crippen LogP contribution in [0.2, 0.25) is 0 Å². The summed E-state index contributed by atoms with van der Waals surface area (Å²) in [7, 11) is 0. The Morgan fingerprint density at radius 1 is 1.20 bits per heavy atom. The number of likely N-dealkylation sites (tertiary alicyclic amines) is 1. The number of ether oxygens (including phenoxy) is 1. The van der Waals surface area contributed by atoms with Gasteiger partial charge in [-0.3, -0.25) is 9.59 Å². The summed E-state index contributed by atoms with van der Waals surface area (Å²) < 4.78 is 5.06. The van der Waals surface area contributed by atoms with Gasteiger partial charge >= 0.3 is 18.0 Å². The number of amides is 2. The summed E-state index contributed by atoms with van der Waals surface area (Å²) in [6.07, 6.45) is 5.47. The molecule has 0 bridgehead atoms. The lowest BCUT2D eigenvalue weighted by molar-refractivity contribution is -0.150. The molecule has 3 aliphatic rings. The number of rotatable bonds is 4. The van der Waals surface area contributed by atoms with Crippen LogP contribution in [0.5, 0.6) is 0 Å². The Hall–Kier alpha value is -1.79. The van der Waals surface area contributed by atoms with Crippen molar-refractivity contribution in [3.8, 4) is 0 Å². The average Bonchev–Trinajstić information content (AvgIpc) is 3.14. The monoisotopic (exact) mass is 352 g/mol. The number of urea groups is 1. The van der Waals surface area contributed by atoms with Crippen LogP contribution in [-0.4, -0.2) is 53.7 Å². The van der Waals surface area contributed by atoms with E-state index >= 15 is 0 Å². The standard InChI is InChI=1S/C18H28N2O5/c1-2-25-15(21)12-5-7-14(8-6-12)19-17(24)20-10-13-4-3-9-18(13,11-20)16(22)23/h12-14H,2-11H2,1H3,(H,19,24)(H,22,23)/t12?,13-,14?,18+/m0/s1. The molecule has 2 N–H and O–H groups in total. The van der Waals surface area contributed by atoms with Crippen molar-refractivity contribution in [3.05, 3.63) is 0 Å². The third-order valence-electron chi connectivity index (χ3n) is 6.26. The van der Waals surface area contributed by atoms with E-state index in [0.29, 0.717) is 26.1 Å². The van der Waals surface area contributed by atoms with Crippen LogP contribution in [0.25, 0.3) is 0 Å². The highest BCUT2D eigenvalue weighted by atomic mass is 16.5. The average molecular weight is 352 g/mol. The van der Waals surface area contributed by atoms with Gasteiger partial charge in [0, 0.05) is 19.1 Å². The highest BCUT2D eigenvalue weighted by Crippen LogP contribution is 2.48. The molecule has 0 aromatic heterocycles. The van der Waals surface area contributed by atoms with Crippen LogP contribution >= 0.6 is 0 Å². The molecule has 0 unspecified atom stereocenters. The number of esters is 1. The Bertz CT molecular complexity index is 544. The number of carbonyl (C=O) groups excluding carboxylic acids is 2. The molecular formula is C18H28N2O5. The highest BCUT2D eigenvalue weighted by molar-refractivity contribution is 5.80. The quantitative estimate of drug-likeness (QED) is 0.755. The van der Waals surface area contributed by atoms with Crippen molar-refractivity contribution in [3.63, 3.8) is 0 Å². The van der Waals surface area contributed by atoms with Crippen molar-refractivity contribution in [1.82, 2.24) is 10.2 Å². The van der Waals surface area contributed by atoms with Crippen LogP contribution in [0.15, 0.2) is 0 Å². The van der Waals surface area contributed by atoms with Gasteiger partial charge in [0.15, 0.2) is 0 Å². The lowest BCUT2D eigenvalue weighted by Gasteiger charge is -2.30. The third-order valence-corrected chi connectivity index (χ3v) is 6.26. The minimum atomic E-state index is -0.764. The zero-order chi connectivity index (χ0) is 18.0. The molecule has 0 spiro atoms. The van der Waals surface area contributed by atoms with Crippen LogP contribution < -0.4 is 5.32 Å². The Labute approximate surface area is 148 Å². The van der Waals surface area contributed by atoms with Crippen molar-refractivity contribution < 1.29 is 24.2 Å². The van der Waals surface area contributed by atoms with Crippen LogP contribution in [-0.2, 0) is 14.3 Å². The summed E-state index contributed by atoms with van der Waals surface area (Å²) in [6.45, 7) is 3.06. The van der Waals surface area contributed by atoms with E-state index < -0.39 is 11.4 Å². The zero-order valence-electron chi connectivity index (χ0n) is 14.8.